The van der Waals surface area contributed by atoms with Gasteiger partial charge in [-0.2, -0.15) is 0 Å². The lowest BCUT2D eigenvalue weighted by Gasteiger charge is -2.30. The maximum atomic E-state index is 15.3. The minimum absolute atomic E-state index is 0.0882. The average molecular weight is 462 g/mol. The van der Waals surface area contributed by atoms with Gasteiger partial charge in [0, 0.05) is 36.5 Å². The summed E-state index contributed by atoms with van der Waals surface area (Å²) in [6.07, 6.45) is 5.55. The van der Waals surface area contributed by atoms with Crippen LogP contribution in [0.2, 0.25) is 0 Å². The van der Waals surface area contributed by atoms with Crippen molar-refractivity contribution in [2.24, 2.45) is 0 Å². The zero-order valence-electron chi connectivity index (χ0n) is 19.3. The lowest BCUT2D eigenvalue weighted by Crippen LogP contribution is -2.34. The Kier molecular flexibility index (Phi) is 6.17. The van der Waals surface area contributed by atoms with Crippen LogP contribution in [-0.2, 0) is 4.74 Å². The van der Waals surface area contributed by atoms with Gasteiger partial charge in [0.1, 0.15) is 40.2 Å². The summed E-state index contributed by atoms with van der Waals surface area (Å²) in [5.74, 6) is 1.82. The Morgan fingerprint density at radius 1 is 1.15 bits per heavy atom. The summed E-state index contributed by atoms with van der Waals surface area (Å²) in [6.45, 7) is 1.45. The molecule has 2 atom stereocenters. The number of hydrogen-bond donors (Lipinski definition) is 1. The van der Waals surface area contributed by atoms with E-state index in [1.165, 1.54) is 6.07 Å². The summed E-state index contributed by atoms with van der Waals surface area (Å²) in [5.41, 5.74) is 7.67. The summed E-state index contributed by atoms with van der Waals surface area (Å²) in [5, 5.41) is 0. The number of anilines is 1. The molecule has 0 bridgehead atoms. The number of imidazole rings is 1. The Labute approximate surface area is 198 Å². The summed E-state index contributed by atoms with van der Waals surface area (Å²) >= 11 is 0. The molecule has 0 unspecified atom stereocenters. The molecular weight excluding hydrogens is 433 g/mol. The highest BCUT2D eigenvalue weighted by atomic mass is 19.1. The quantitative estimate of drug-likeness (QED) is 0.447. The molecule has 0 spiro atoms. The molecule has 4 aromatic rings. The Morgan fingerprint density at radius 2 is 1.97 bits per heavy atom. The van der Waals surface area contributed by atoms with Crippen molar-refractivity contribution in [3.8, 4) is 22.8 Å². The zero-order chi connectivity index (χ0) is 23.7. The van der Waals surface area contributed by atoms with Crippen LogP contribution in [0.5, 0.6) is 11.5 Å². The second kappa shape index (κ2) is 9.40. The largest absolute Gasteiger partial charge is 0.457 e. The molecule has 2 N–H and O–H groups in total. The van der Waals surface area contributed by atoms with Crippen LogP contribution in [-0.4, -0.2) is 52.6 Å². The van der Waals surface area contributed by atoms with E-state index in [0.717, 1.165) is 25.2 Å². The van der Waals surface area contributed by atoms with E-state index < -0.39 is 5.82 Å². The van der Waals surface area contributed by atoms with Crippen molar-refractivity contribution in [2.75, 3.05) is 33.0 Å². The van der Waals surface area contributed by atoms with Crippen molar-refractivity contribution in [2.45, 2.75) is 24.9 Å². The van der Waals surface area contributed by atoms with E-state index in [2.05, 4.69) is 9.88 Å². The van der Waals surface area contributed by atoms with Crippen molar-refractivity contribution in [3.05, 3.63) is 72.6 Å². The number of hydrogen-bond acceptors (Lipinski definition) is 6. The third kappa shape index (κ3) is 4.47. The smallest absolute Gasteiger partial charge is 0.150 e. The van der Waals surface area contributed by atoms with Gasteiger partial charge in [0.05, 0.1) is 12.7 Å². The van der Waals surface area contributed by atoms with Gasteiger partial charge in [0.25, 0.3) is 0 Å². The van der Waals surface area contributed by atoms with Crippen LogP contribution < -0.4 is 10.5 Å². The Hall–Kier alpha value is -3.49. The van der Waals surface area contributed by atoms with Gasteiger partial charge in [-0.15, -0.1) is 0 Å². The number of benzene rings is 2. The molecule has 7 nitrogen and oxygen atoms in total. The molecule has 1 aliphatic rings. The number of rotatable bonds is 6. The fraction of sp³-hybridized carbons (Fsp3) is 0.308. The normalized spacial score (nSPS) is 18.5. The number of aromatic nitrogens is 3. The molecule has 0 aliphatic carbocycles. The lowest BCUT2D eigenvalue weighted by atomic mass is 9.97. The first-order valence-corrected chi connectivity index (χ1v) is 11.4. The van der Waals surface area contributed by atoms with Crippen LogP contribution in [0.25, 0.3) is 16.8 Å². The van der Waals surface area contributed by atoms with E-state index in [-0.39, 0.29) is 12.0 Å². The third-order valence-corrected chi connectivity index (χ3v) is 6.09. The van der Waals surface area contributed by atoms with Crippen LogP contribution in [0.15, 0.2) is 60.9 Å². The van der Waals surface area contributed by atoms with E-state index in [4.69, 9.17) is 20.2 Å². The molecule has 1 fully saturated rings. The van der Waals surface area contributed by atoms with E-state index in [1.54, 1.807) is 18.3 Å². The maximum Gasteiger partial charge on any atom is 0.150 e. The summed E-state index contributed by atoms with van der Waals surface area (Å²) in [4.78, 5) is 11.2. The fourth-order valence-corrected chi connectivity index (χ4v) is 4.50. The second-order valence-corrected chi connectivity index (χ2v) is 8.90. The van der Waals surface area contributed by atoms with Gasteiger partial charge in [-0.3, -0.25) is 4.40 Å². The van der Waals surface area contributed by atoms with Crippen LogP contribution in [0.4, 0.5) is 10.2 Å². The minimum atomic E-state index is -0.436. The predicted molar refractivity (Wildman–Crippen MR) is 130 cm³/mol. The number of halogens is 1. The molecule has 5 rings (SSSR count). The van der Waals surface area contributed by atoms with Crippen molar-refractivity contribution >= 4 is 11.3 Å². The molecule has 34 heavy (non-hydrogen) atoms. The summed E-state index contributed by atoms with van der Waals surface area (Å²) in [6, 6.07) is 14.1. The molecule has 176 valence electrons. The molecule has 0 saturated carbocycles. The molecule has 0 amide bonds. The van der Waals surface area contributed by atoms with Crippen LogP contribution in [0.3, 0.4) is 0 Å². The molecule has 1 saturated heterocycles. The SMILES string of the molecule is CN(C)C[C@@H]1CC[C@H](c2nc(-c3ccc(Oc4ccccc4)cc3F)c3c(N)nccn23)CO1. The molecule has 8 heteroatoms. The average Bonchev–Trinajstić information content (AvgIpc) is 3.21. The van der Waals surface area contributed by atoms with E-state index in [9.17, 15) is 0 Å². The molecule has 1 aliphatic heterocycles. The molecule has 3 heterocycles. The Balaban J connectivity index is 1.47. The molecule has 2 aromatic carbocycles. The van der Waals surface area contributed by atoms with Gasteiger partial charge < -0.3 is 20.1 Å². The topological polar surface area (TPSA) is 77.9 Å². The van der Waals surface area contributed by atoms with Crippen LogP contribution >= 0.6 is 0 Å². The minimum Gasteiger partial charge on any atom is -0.457 e. The van der Waals surface area contributed by atoms with Crippen molar-refractivity contribution in [1.82, 2.24) is 19.3 Å². The van der Waals surface area contributed by atoms with Gasteiger partial charge in [0.15, 0.2) is 0 Å². The fourth-order valence-electron chi connectivity index (χ4n) is 4.50. The highest BCUT2D eigenvalue weighted by Gasteiger charge is 2.29. The highest BCUT2D eigenvalue weighted by molar-refractivity contribution is 5.85. The summed E-state index contributed by atoms with van der Waals surface area (Å²) < 4.78 is 29.1. The molecule has 2 aromatic heterocycles. The third-order valence-electron chi connectivity index (χ3n) is 6.09. The Bertz CT molecular complexity index is 1280. The second-order valence-electron chi connectivity index (χ2n) is 8.90. The number of ether oxygens (including phenoxy) is 2. The standard InChI is InChI=1S/C26H28FN5O2/c1-31(2)15-20-9-8-17(16-33-20)26-30-23(24-25(28)29-12-13-32(24)26)21-11-10-19(14-22(21)27)34-18-6-4-3-5-7-18/h3-7,10-14,17,20H,8-9,15-16H2,1-2H3,(H2,28,29)/t17-,20-/m0/s1. The van der Waals surface area contributed by atoms with Crippen molar-refractivity contribution in [3.63, 3.8) is 0 Å². The molecular formula is C26H28FN5O2. The maximum absolute atomic E-state index is 15.3. The van der Waals surface area contributed by atoms with Crippen molar-refractivity contribution in [1.29, 1.82) is 0 Å². The van der Waals surface area contributed by atoms with Gasteiger partial charge in [-0.05, 0) is 51.2 Å². The number of para-hydroxylation sites is 1. The monoisotopic (exact) mass is 461 g/mol. The lowest BCUT2D eigenvalue weighted by molar-refractivity contribution is -0.0104. The number of likely N-dealkylation sites (N-methyl/N-ethyl adjacent to an activating group) is 1. The number of nitrogens with two attached hydrogens (primary N) is 1. The van der Waals surface area contributed by atoms with Gasteiger partial charge in [0.2, 0.25) is 0 Å². The first-order valence-electron chi connectivity index (χ1n) is 11.4. The van der Waals surface area contributed by atoms with Crippen molar-refractivity contribution < 1.29 is 13.9 Å². The number of nitrogens with zero attached hydrogens (tertiary/aromatic N) is 4. The van der Waals surface area contributed by atoms with Gasteiger partial charge >= 0.3 is 0 Å². The highest BCUT2D eigenvalue weighted by Crippen LogP contribution is 2.36. The zero-order valence-corrected chi connectivity index (χ0v) is 19.3. The number of fused-ring (bicyclic) bond motifs is 1. The predicted octanol–water partition coefficient (Wildman–Crippen LogP) is 4.73. The van der Waals surface area contributed by atoms with Crippen LogP contribution in [0, 0.1) is 5.82 Å². The van der Waals surface area contributed by atoms with Gasteiger partial charge in [-0.25, -0.2) is 14.4 Å². The van der Waals surface area contributed by atoms with E-state index >= 15 is 4.39 Å². The van der Waals surface area contributed by atoms with Crippen LogP contribution in [0.1, 0.15) is 24.6 Å². The van der Waals surface area contributed by atoms with E-state index in [0.29, 0.717) is 40.7 Å². The Morgan fingerprint density at radius 3 is 2.68 bits per heavy atom. The first kappa shape index (κ1) is 22.3. The summed E-state index contributed by atoms with van der Waals surface area (Å²) in [7, 11) is 4.09. The number of nitrogen functional groups attached to an aromatic ring is 1. The molecule has 0 radical (unpaired) electrons. The van der Waals surface area contributed by atoms with E-state index in [1.807, 2.05) is 55.0 Å². The first-order chi connectivity index (χ1) is 16.5. The van der Waals surface area contributed by atoms with Gasteiger partial charge in [-0.1, -0.05) is 18.2 Å².